The third kappa shape index (κ3) is 2.41. The Morgan fingerprint density at radius 2 is 2.06 bits per heavy atom. The molecule has 0 aliphatic rings. The molecule has 0 saturated heterocycles. The van der Waals surface area contributed by atoms with Crippen LogP contribution in [0.1, 0.15) is 37.4 Å². The SMILES string of the molecule is CNC(c1ccc(Cl)o1)c1c(Cl)cnn1C(C)C. The first-order valence-electron chi connectivity index (χ1n) is 5.70. The van der Waals surface area contributed by atoms with Crippen molar-refractivity contribution in [3.63, 3.8) is 0 Å². The van der Waals surface area contributed by atoms with E-state index in [0.29, 0.717) is 16.0 Å². The van der Waals surface area contributed by atoms with Crippen LogP contribution in [0.25, 0.3) is 0 Å². The fourth-order valence-corrected chi connectivity index (χ4v) is 2.32. The number of aromatic nitrogens is 2. The van der Waals surface area contributed by atoms with Crippen molar-refractivity contribution in [2.24, 2.45) is 0 Å². The lowest BCUT2D eigenvalue weighted by Crippen LogP contribution is -2.22. The molecule has 1 N–H and O–H groups in total. The van der Waals surface area contributed by atoms with E-state index in [4.69, 9.17) is 27.6 Å². The topological polar surface area (TPSA) is 43.0 Å². The first-order chi connectivity index (χ1) is 8.54. The molecule has 0 aromatic carbocycles. The number of nitrogens with one attached hydrogen (secondary N) is 1. The zero-order valence-corrected chi connectivity index (χ0v) is 12.0. The van der Waals surface area contributed by atoms with Crippen LogP contribution in [0.5, 0.6) is 0 Å². The summed E-state index contributed by atoms with van der Waals surface area (Å²) in [5, 5.41) is 8.42. The first-order valence-corrected chi connectivity index (χ1v) is 6.45. The fourth-order valence-electron chi connectivity index (χ4n) is 1.93. The molecule has 0 spiro atoms. The fraction of sp³-hybridized carbons (Fsp3) is 0.417. The van der Waals surface area contributed by atoms with Crippen LogP contribution in [0.15, 0.2) is 22.7 Å². The molecule has 0 fully saturated rings. The van der Waals surface area contributed by atoms with Gasteiger partial charge >= 0.3 is 0 Å². The number of hydrogen-bond donors (Lipinski definition) is 1. The molecule has 98 valence electrons. The summed E-state index contributed by atoms with van der Waals surface area (Å²) in [6, 6.07) is 3.59. The summed E-state index contributed by atoms with van der Waals surface area (Å²) in [7, 11) is 1.84. The third-order valence-corrected chi connectivity index (χ3v) is 3.21. The minimum Gasteiger partial charge on any atom is -0.448 e. The highest BCUT2D eigenvalue weighted by Crippen LogP contribution is 2.31. The van der Waals surface area contributed by atoms with Gasteiger partial charge in [-0.05, 0) is 44.6 Å². The Balaban J connectivity index is 2.47. The molecule has 0 saturated carbocycles. The van der Waals surface area contributed by atoms with Gasteiger partial charge in [0.25, 0.3) is 0 Å². The van der Waals surface area contributed by atoms with E-state index < -0.39 is 0 Å². The van der Waals surface area contributed by atoms with Gasteiger partial charge in [-0.15, -0.1) is 0 Å². The third-order valence-electron chi connectivity index (χ3n) is 2.72. The lowest BCUT2D eigenvalue weighted by atomic mass is 10.1. The molecule has 2 aromatic rings. The molecule has 0 radical (unpaired) electrons. The van der Waals surface area contributed by atoms with Crippen molar-refractivity contribution < 1.29 is 4.42 Å². The number of halogens is 2. The van der Waals surface area contributed by atoms with Crippen LogP contribution in [0.3, 0.4) is 0 Å². The maximum Gasteiger partial charge on any atom is 0.193 e. The summed E-state index contributed by atoms with van der Waals surface area (Å²) in [6.45, 7) is 4.10. The highest BCUT2D eigenvalue weighted by atomic mass is 35.5. The van der Waals surface area contributed by atoms with Gasteiger partial charge in [-0.25, -0.2) is 0 Å². The second-order valence-corrected chi connectivity index (χ2v) is 5.06. The highest BCUT2D eigenvalue weighted by Gasteiger charge is 2.24. The van der Waals surface area contributed by atoms with E-state index in [2.05, 4.69) is 24.3 Å². The van der Waals surface area contributed by atoms with Crippen LogP contribution < -0.4 is 5.32 Å². The molecule has 4 nitrogen and oxygen atoms in total. The van der Waals surface area contributed by atoms with Crippen LogP contribution in [0.4, 0.5) is 0 Å². The van der Waals surface area contributed by atoms with Gasteiger partial charge in [0.2, 0.25) is 0 Å². The Bertz CT molecular complexity index is 533. The molecular formula is C12H15Cl2N3O. The average molecular weight is 288 g/mol. The van der Waals surface area contributed by atoms with E-state index in [-0.39, 0.29) is 12.1 Å². The van der Waals surface area contributed by atoms with Gasteiger partial charge < -0.3 is 9.73 Å². The summed E-state index contributed by atoms with van der Waals surface area (Å²) < 4.78 is 7.33. The zero-order chi connectivity index (χ0) is 13.3. The van der Waals surface area contributed by atoms with E-state index in [1.165, 1.54) is 0 Å². The lowest BCUT2D eigenvalue weighted by Gasteiger charge is -2.18. The molecule has 0 aliphatic heterocycles. The van der Waals surface area contributed by atoms with E-state index >= 15 is 0 Å². The van der Waals surface area contributed by atoms with Crippen LogP contribution in [-0.2, 0) is 0 Å². The lowest BCUT2D eigenvalue weighted by molar-refractivity contribution is 0.427. The van der Waals surface area contributed by atoms with Crippen LogP contribution >= 0.6 is 23.2 Å². The molecule has 0 amide bonds. The zero-order valence-electron chi connectivity index (χ0n) is 10.4. The Hall–Kier alpha value is -0.970. The average Bonchev–Trinajstić information content (AvgIpc) is 2.88. The van der Waals surface area contributed by atoms with Crippen molar-refractivity contribution in [2.75, 3.05) is 7.05 Å². The van der Waals surface area contributed by atoms with E-state index in [1.54, 1.807) is 12.3 Å². The summed E-state index contributed by atoms with van der Waals surface area (Å²) >= 11 is 12.0. The maximum atomic E-state index is 6.22. The monoisotopic (exact) mass is 287 g/mol. The summed E-state index contributed by atoms with van der Waals surface area (Å²) in [6.07, 6.45) is 1.64. The molecule has 2 aromatic heterocycles. The van der Waals surface area contributed by atoms with Crippen LogP contribution in [0, 0.1) is 0 Å². The number of rotatable bonds is 4. The smallest absolute Gasteiger partial charge is 0.193 e. The van der Waals surface area contributed by atoms with Gasteiger partial charge in [0.1, 0.15) is 11.8 Å². The second kappa shape index (κ2) is 5.34. The summed E-state index contributed by atoms with van der Waals surface area (Å²) in [5.41, 5.74) is 0.875. The Morgan fingerprint density at radius 3 is 2.56 bits per heavy atom. The van der Waals surface area contributed by atoms with Gasteiger partial charge in [0.05, 0.1) is 16.9 Å². The molecule has 6 heteroatoms. The largest absolute Gasteiger partial charge is 0.448 e. The number of nitrogens with zero attached hydrogens (tertiary/aromatic N) is 2. The van der Waals surface area contributed by atoms with Crippen molar-refractivity contribution in [3.8, 4) is 0 Å². The minimum absolute atomic E-state index is 0.171. The van der Waals surface area contributed by atoms with E-state index in [9.17, 15) is 0 Å². The maximum absolute atomic E-state index is 6.22. The standard InChI is InChI=1S/C12H15Cl2N3O/c1-7(2)17-12(8(13)6-16-17)11(15-3)9-4-5-10(14)18-9/h4-7,11,15H,1-3H3. The predicted molar refractivity (Wildman–Crippen MR) is 72.2 cm³/mol. The molecule has 2 rings (SSSR count). The molecule has 18 heavy (non-hydrogen) atoms. The predicted octanol–water partition coefficient (Wildman–Crippen LogP) is 3.67. The normalized spacial score (nSPS) is 13.2. The van der Waals surface area contributed by atoms with Crippen molar-refractivity contribution in [1.82, 2.24) is 15.1 Å². The number of hydrogen-bond acceptors (Lipinski definition) is 3. The van der Waals surface area contributed by atoms with Crippen molar-refractivity contribution in [1.29, 1.82) is 0 Å². The highest BCUT2D eigenvalue weighted by molar-refractivity contribution is 6.31. The van der Waals surface area contributed by atoms with Crippen molar-refractivity contribution in [3.05, 3.63) is 40.0 Å². The van der Waals surface area contributed by atoms with Gasteiger partial charge in [-0.1, -0.05) is 11.6 Å². The molecule has 1 unspecified atom stereocenters. The van der Waals surface area contributed by atoms with Gasteiger partial charge in [-0.2, -0.15) is 5.10 Å². The minimum atomic E-state index is -0.171. The quantitative estimate of drug-likeness (QED) is 0.933. The second-order valence-electron chi connectivity index (χ2n) is 4.28. The molecule has 0 aliphatic carbocycles. The molecule has 1 atom stereocenters. The van der Waals surface area contributed by atoms with Gasteiger partial charge in [0, 0.05) is 6.04 Å². The first kappa shape index (κ1) is 13.5. The Morgan fingerprint density at radius 1 is 1.33 bits per heavy atom. The van der Waals surface area contributed by atoms with Gasteiger partial charge in [-0.3, -0.25) is 4.68 Å². The van der Waals surface area contributed by atoms with E-state index in [1.807, 2.05) is 17.8 Å². The van der Waals surface area contributed by atoms with Crippen molar-refractivity contribution in [2.45, 2.75) is 25.9 Å². The van der Waals surface area contributed by atoms with Crippen molar-refractivity contribution >= 4 is 23.2 Å². The van der Waals surface area contributed by atoms with Crippen LogP contribution in [-0.4, -0.2) is 16.8 Å². The molecule has 0 bridgehead atoms. The molecule has 2 heterocycles. The Labute approximate surface area is 116 Å². The van der Waals surface area contributed by atoms with E-state index in [0.717, 1.165) is 5.69 Å². The summed E-state index contributed by atoms with van der Waals surface area (Å²) in [5.74, 6) is 0.715. The van der Waals surface area contributed by atoms with Crippen LogP contribution in [0.2, 0.25) is 10.2 Å². The number of furan rings is 1. The molecular weight excluding hydrogens is 273 g/mol. The van der Waals surface area contributed by atoms with Gasteiger partial charge in [0.15, 0.2) is 5.22 Å². The Kier molecular flexibility index (Phi) is 4.00. The summed E-state index contributed by atoms with van der Waals surface area (Å²) in [4.78, 5) is 0.